The summed E-state index contributed by atoms with van der Waals surface area (Å²) in [5.74, 6) is -0.733. The third-order valence-corrected chi connectivity index (χ3v) is 2.73. The van der Waals surface area contributed by atoms with E-state index in [-0.39, 0.29) is 17.7 Å². The minimum atomic E-state index is -0.975. The van der Waals surface area contributed by atoms with E-state index >= 15 is 0 Å². The van der Waals surface area contributed by atoms with Crippen LogP contribution >= 0.6 is 0 Å². The maximum absolute atomic E-state index is 11.1. The van der Waals surface area contributed by atoms with Gasteiger partial charge in [-0.05, 0) is 31.9 Å². The van der Waals surface area contributed by atoms with Crippen LogP contribution < -0.4 is 4.74 Å². The Balaban J connectivity index is 3.24. The van der Waals surface area contributed by atoms with Crippen LogP contribution in [0.15, 0.2) is 12.1 Å². The summed E-state index contributed by atoms with van der Waals surface area (Å²) < 4.78 is 5.09. The molecule has 0 radical (unpaired) electrons. The molecule has 0 bridgehead atoms. The molecule has 5 heteroatoms. The molecule has 96 valence electrons. The lowest BCUT2D eigenvalue weighted by Gasteiger charge is -2.20. The van der Waals surface area contributed by atoms with Crippen LogP contribution in [0.3, 0.4) is 0 Å². The molecule has 0 spiro atoms. The van der Waals surface area contributed by atoms with Gasteiger partial charge in [0.05, 0.1) is 18.1 Å². The maximum atomic E-state index is 11.1. The van der Waals surface area contributed by atoms with Crippen LogP contribution in [0.2, 0.25) is 0 Å². The van der Waals surface area contributed by atoms with E-state index in [1.807, 2.05) is 6.07 Å². The van der Waals surface area contributed by atoms with Gasteiger partial charge in [-0.15, -0.1) is 0 Å². The van der Waals surface area contributed by atoms with Crippen molar-refractivity contribution < 1.29 is 19.7 Å². The van der Waals surface area contributed by atoms with Gasteiger partial charge in [-0.25, -0.2) is 0 Å². The first-order valence-corrected chi connectivity index (χ1v) is 5.35. The first kappa shape index (κ1) is 13.8. The van der Waals surface area contributed by atoms with Crippen molar-refractivity contribution >= 4 is 5.97 Å². The van der Waals surface area contributed by atoms with E-state index < -0.39 is 11.4 Å². The number of phenolic OH excluding ortho intramolecular Hbond substituents is 1. The van der Waals surface area contributed by atoms with Crippen molar-refractivity contribution in [3.63, 3.8) is 0 Å². The number of carbonyl (C=O) groups is 1. The Bertz CT molecular complexity index is 514. The summed E-state index contributed by atoms with van der Waals surface area (Å²) in [5.41, 5.74) is -0.289. The molecular weight excluding hydrogens is 234 g/mol. The summed E-state index contributed by atoms with van der Waals surface area (Å²) >= 11 is 0. The number of ether oxygens (including phenoxy) is 1. The van der Waals surface area contributed by atoms with Crippen LogP contribution in [0.1, 0.15) is 25.0 Å². The number of carboxylic acid groups (broad SMARTS) is 1. The van der Waals surface area contributed by atoms with Crippen LogP contribution in [0.4, 0.5) is 0 Å². The number of hydrogen-bond donors (Lipinski definition) is 2. The second kappa shape index (κ2) is 4.96. The van der Waals surface area contributed by atoms with Crippen molar-refractivity contribution in [2.24, 2.45) is 5.41 Å². The fraction of sp³-hybridized carbons (Fsp3) is 0.385. The average molecular weight is 249 g/mol. The first-order valence-electron chi connectivity index (χ1n) is 5.35. The fourth-order valence-corrected chi connectivity index (χ4v) is 1.58. The minimum Gasteiger partial charge on any atom is -0.506 e. The van der Waals surface area contributed by atoms with Crippen LogP contribution in [-0.2, 0) is 11.2 Å². The van der Waals surface area contributed by atoms with Crippen LogP contribution in [0, 0.1) is 16.7 Å². The molecule has 0 aromatic heterocycles. The molecule has 18 heavy (non-hydrogen) atoms. The first-order chi connectivity index (χ1) is 8.31. The Labute approximate surface area is 105 Å². The standard InChI is InChI=1S/C13H15NO4/c1-13(2,12(16)17)6-8-4-9(7-14)10(15)5-11(8)18-3/h4-5,15H,6H2,1-3H3,(H,16,17). The lowest BCUT2D eigenvalue weighted by atomic mass is 9.85. The molecule has 0 saturated heterocycles. The highest BCUT2D eigenvalue weighted by molar-refractivity contribution is 5.74. The normalized spacial score (nSPS) is 10.8. The van der Waals surface area contributed by atoms with Crippen molar-refractivity contribution in [2.75, 3.05) is 7.11 Å². The summed E-state index contributed by atoms with van der Waals surface area (Å²) in [6.45, 7) is 3.18. The highest BCUT2D eigenvalue weighted by Gasteiger charge is 2.29. The number of phenols is 1. The predicted octanol–water partition coefficient (Wildman–Crippen LogP) is 1.93. The molecule has 0 aliphatic heterocycles. The van der Waals surface area contributed by atoms with E-state index in [1.54, 1.807) is 13.8 Å². The van der Waals surface area contributed by atoms with Gasteiger partial charge in [0.15, 0.2) is 0 Å². The molecule has 0 aliphatic rings. The molecular formula is C13H15NO4. The fourth-order valence-electron chi connectivity index (χ4n) is 1.58. The van der Waals surface area contributed by atoms with Gasteiger partial charge in [0, 0.05) is 6.07 Å². The monoisotopic (exact) mass is 249 g/mol. The maximum Gasteiger partial charge on any atom is 0.309 e. The zero-order valence-corrected chi connectivity index (χ0v) is 10.5. The van der Waals surface area contributed by atoms with Gasteiger partial charge in [-0.3, -0.25) is 4.79 Å². The average Bonchev–Trinajstić information content (AvgIpc) is 2.30. The third kappa shape index (κ3) is 2.72. The number of carboxylic acids is 1. The highest BCUT2D eigenvalue weighted by atomic mass is 16.5. The smallest absolute Gasteiger partial charge is 0.309 e. The lowest BCUT2D eigenvalue weighted by Crippen LogP contribution is -2.26. The zero-order chi connectivity index (χ0) is 13.9. The van der Waals surface area contributed by atoms with Crippen molar-refractivity contribution in [3.8, 4) is 17.6 Å². The van der Waals surface area contributed by atoms with Gasteiger partial charge in [-0.1, -0.05) is 0 Å². The molecule has 0 unspecified atom stereocenters. The van der Waals surface area contributed by atoms with Gasteiger partial charge in [-0.2, -0.15) is 5.26 Å². The lowest BCUT2D eigenvalue weighted by molar-refractivity contribution is -0.146. The Morgan fingerprint density at radius 3 is 2.56 bits per heavy atom. The summed E-state index contributed by atoms with van der Waals surface area (Å²) in [7, 11) is 1.43. The largest absolute Gasteiger partial charge is 0.506 e. The van der Waals surface area contributed by atoms with E-state index in [0.717, 1.165) is 0 Å². The summed E-state index contributed by atoms with van der Waals surface area (Å²) in [6, 6.07) is 4.63. The molecule has 0 saturated carbocycles. The Hall–Kier alpha value is -2.22. The molecule has 0 fully saturated rings. The topological polar surface area (TPSA) is 90.5 Å². The number of benzene rings is 1. The van der Waals surface area contributed by atoms with Gasteiger partial charge in [0.1, 0.15) is 17.6 Å². The van der Waals surface area contributed by atoms with Crippen LogP contribution in [0.25, 0.3) is 0 Å². The number of nitriles is 1. The van der Waals surface area contributed by atoms with E-state index in [4.69, 9.17) is 15.1 Å². The SMILES string of the molecule is COc1cc(O)c(C#N)cc1CC(C)(C)C(=O)O. The Morgan fingerprint density at radius 1 is 1.50 bits per heavy atom. The number of methoxy groups -OCH3 is 1. The second-order valence-electron chi connectivity index (χ2n) is 4.66. The number of nitrogens with zero attached hydrogens (tertiary/aromatic N) is 1. The molecule has 1 rings (SSSR count). The van der Waals surface area contributed by atoms with Gasteiger partial charge in [0.25, 0.3) is 0 Å². The predicted molar refractivity (Wildman–Crippen MR) is 64.5 cm³/mol. The van der Waals surface area contributed by atoms with Crippen LogP contribution in [-0.4, -0.2) is 23.3 Å². The van der Waals surface area contributed by atoms with E-state index in [1.165, 1.54) is 19.2 Å². The van der Waals surface area contributed by atoms with E-state index in [0.29, 0.717) is 11.3 Å². The van der Waals surface area contributed by atoms with Gasteiger partial charge < -0.3 is 14.9 Å². The van der Waals surface area contributed by atoms with Crippen molar-refractivity contribution in [2.45, 2.75) is 20.3 Å². The van der Waals surface area contributed by atoms with Crippen molar-refractivity contribution in [1.29, 1.82) is 5.26 Å². The van der Waals surface area contributed by atoms with Crippen molar-refractivity contribution in [3.05, 3.63) is 23.3 Å². The molecule has 1 aromatic rings. The molecule has 0 aliphatic carbocycles. The Kier molecular flexibility index (Phi) is 3.82. The minimum absolute atomic E-state index is 0.104. The molecule has 0 heterocycles. The van der Waals surface area contributed by atoms with Gasteiger partial charge in [0.2, 0.25) is 0 Å². The van der Waals surface area contributed by atoms with Crippen molar-refractivity contribution in [1.82, 2.24) is 0 Å². The molecule has 2 N–H and O–H groups in total. The quantitative estimate of drug-likeness (QED) is 0.850. The Morgan fingerprint density at radius 2 is 2.11 bits per heavy atom. The number of hydrogen-bond acceptors (Lipinski definition) is 4. The summed E-state index contributed by atoms with van der Waals surface area (Å²) in [6.07, 6.45) is 0.209. The number of aromatic hydroxyl groups is 1. The molecule has 5 nitrogen and oxygen atoms in total. The molecule has 0 atom stereocenters. The van der Waals surface area contributed by atoms with E-state index in [2.05, 4.69) is 0 Å². The molecule has 0 amide bonds. The van der Waals surface area contributed by atoms with Gasteiger partial charge >= 0.3 is 5.97 Å². The summed E-state index contributed by atoms with van der Waals surface area (Å²) in [4.78, 5) is 11.1. The highest BCUT2D eigenvalue weighted by Crippen LogP contribution is 2.32. The zero-order valence-electron chi connectivity index (χ0n) is 10.5. The second-order valence-corrected chi connectivity index (χ2v) is 4.66. The third-order valence-electron chi connectivity index (χ3n) is 2.73. The van der Waals surface area contributed by atoms with Crippen LogP contribution in [0.5, 0.6) is 11.5 Å². The summed E-state index contributed by atoms with van der Waals surface area (Å²) in [5, 5.41) is 27.5. The van der Waals surface area contributed by atoms with E-state index in [9.17, 15) is 9.90 Å². The number of aliphatic carboxylic acids is 1. The number of rotatable bonds is 4. The molecule has 1 aromatic carbocycles.